The lowest BCUT2D eigenvalue weighted by Crippen LogP contribution is -2.44. The van der Waals surface area contributed by atoms with Crippen molar-refractivity contribution in [2.45, 2.75) is 38.6 Å². The van der Waals surface area contributed by atoms with Gasteiger partial charge >= 0.3 is 0 Å². The van der Waals surface area contributed by atoms with Crippen molar-refractivity contribution in [3.05, 3.63) is 24.3 Å². The van der Waals surface area contributed by atoms with Gasteiger partial charge in [-0.3, -0.25) is 9.59 Å². The summed E-state index contributed by atoms with van der Waals surface area (Å²) < 4.78 is 0. The minimum absolute atomic E-state index is 0.0162. The number of hydrogen-bond donors (Lipinski definition) is 1. The topological polar surface area (TPSA) is 55.9 Å². The summed E-state index contributed by atoms with van der Waals surface area (Å²) >= 11 is 0. The van der Waals surface area contributed by atoms with Crippen molar-refractivity contribution in [2.75, 3.05) is 50.0 Å². The Hall–Kier alpha value is -2.08. The van der Waals surface area contributed by atoms with E-state index in [0.29, 0.717) is 0 Å². The molecule has 26 heavy (non-hydrogen) atoms. The molecule has 6 heteroatoms. The zero-order valence-corrected chi connectivity index (χ0v) is 15.9. The van der Waals surface area contributed by atoms with E-state index < -0.39 is 0 Å². The highest BCUT2D eigenvalue weighted by atomic mass is 16.2. The third kappa shape index (κ3) is 4.75. The van der Waals surface area contributed by atoms with Crippen LogP contribution in [0.4, 0.5) is 11.4 Å². The van der Waals surface area contributed by atoms with Gasteiger partial charge in [0.1, 0.15) is 6.54 Å². The number of rotatable bonds is 5. The molecule has 1 N–H and O–H groups in total. The number of likely N-dealkylation sites (N-methyl/N-ethyl adjacent to an activating group) is 1. The standard InChI is InChI=1S/C20H30N4O2/c1-16(25)24(19-5-3-4-6-19)15-20(26)21-17-7-9-18(10-8-17)23-13-11-22(2)12-14-23/h7-10,19H,3-6,11-15H2,1-2H3,(H,21,26). The number of amides is 2. The summed E-state index contributed by atoms with van der Waals surface area (Å²) in [5.41, 5.74) is 1.97. The average molecular weight is 358 g/mol. The third-order valence-corrected chi connectivity index (χ3v) is 5.50. The molecule has 1 heterocycles. The van der Waals surface area contributed by atoms with Gasteiger partial charge in [0.2, 0.25) is 11.8 Å². The first kappa shape index (κ1) is 18.7. The second-order valence-electron chi connectivity index (χ2n) is 7.47. The summed E-state index contributed by atoms with van der Waals surface area (Å²) in [6.07, 6.45) is 4.30. The summed E-state index contributed by atoms with van der Waals surface area (Å²) in [7, 11) is 2.14. The van der Waals surface area contributed by atoms with E-state index in [1.165, 1.54) is 5.69 Å². The Kier molecular flexibility index (Phi) is 6.14. The smallest absolute Gasteiger partial charge is 0.244 e. The molecule has 1 aliphatic carbocycles. The van der Waals surface area contributed by atoms with E-state index in [1.54, 1.807) is 11.8 Å². The van der Waals surface area contributed by atoms with Crippen LogP contribution in [0, 0.1) is 0 Å². The van der Waals surface area contributed by atoms with Crippen molar-refractivity contribution in [1.29, 1.82) is 0 Å². The first-order chi connectivity index (χ1) is 12.5. The van der Waals surface area contributed by atoms with Crippen LogP contribution in [0.5, 0.6) is 0 Å². The van der Waals surface area contributed by atoms with E-state index in [2.05, 4.69) is 34.3 Å². The monoisotopic (exact) mass is 358 g/mol. The van der Waals surface area contributed by atoms with Crippen molar-refractivity contribution in [2.24, 2.45) is 0 Å². The largest absolute Gasteiger partial charge is 0.369 e. The first-order valence-corrected chi connectivity index (χ1v) is 9.63. The molecular weight excluding hydrogens is 328 g/mol. The molecule has 2 amide bonds. The lowest BCUT2D eigenvalue weighted by Gasteiger charge is -2.34. The lowest BCUT2D eigenvalue weighted by atomic mass is 10.2. The highest BCUT2D eigenvalue weighted by Crippen LogP contribution is 2.24. The second-order valence-corrected chi connectivity index (χ2v) is 7.47. The fourth-order valence-electron chi connectivity index (χ4n) is 3.89. The van der Waals surface area contributed by atoms with Crippen LogP contribution in [0.3, 0.4) is 0 Å². The Bertz CT molecular complexity index is 617. The van der Waals surface area contributed by atoms with Crippen molar-refractivity contribution < 1.29 is 9.59 Å². The Morgan fingerprint density at radius 1 is 1.08 bits per heavy atom. The maximum absolute atomic E-state index is 12.4. The molecule has 1 saturated carbocycles. The number of piperazine rings is 1. The molecule has 6 nitrogen and oxygen atoms in total. The highest BCUT2D eigenvalue weighted by Gasteiger charge is 2.26. The normalized spacial score (nSPS) is 18.8. The molecular formula is C20H30N4O2. The first-order valence-electron chi connectivity index (χ1n) is 9.63. The van der Waals surface area contributed by atoms with Crippen LogP contribution in [0.25, 0.3) is 0 Å². The summed E-state index contributed by atoms with van der Waals surface area (Å²) in [5.74, 6) is -0.142. The van der Waals surface area contributed by atoms with Crippen LogP contribution < -0.4 is 10.2 Å². The number of carbonyl (C=O) groups excluding carboxylic acids is 2. The molecule has 0 spiro atoms. The van der Waals surface area contributed by atoms with Crippen LogP contribution in [0.15, 0.2) is 24.3 Å². The van der Waals surface area contributed by atoms with Gasteiger partial charge in [-0.2, -0.15) is 0 Å². The number of nitrogens with zero attached hydrogens (tertiary/aromatic N) is 3. The molecule has 0 radical (unpaired) electrons. The quantitative estimate of drug-likeness (QED) is 0.876. The van der Waals surface area contributed by atoms with Crippen molar-refractivity contribution in [1.82, 2.24) is 9.80 Å². The molecule has 1 saturated heterocycles. The van der Waals surface area contributed by atoms with Crippen molar-refractivity contribution >= 4 is 23.2 Å². The minimum Gasteiger partial charge on any atom is -0.369 e. The van der Waals surface area contributed by atoms with Gasteiger partial charge in [0.05, 0.1) is 0 Å². The summed E-state index contributed by atoms with van der Waals surface area (Å²) in [4.78, 5) is 30.7. The Labute approximate surface area is 156 Å². The van der Waals surface area contributed by atoms with Gasteiger partial charge in [-0.1, -0.05) is 12.8 Å². The maximum Gasteiger partial charge on any atom is 0.244 e. The summed E-state index contributed by atoms with van der Waals surface area (Å²) in [5, 5.41) is 2.93. The van der Waals surface area contributed by atoms with E-state index >= 15 is 0 Å². The zero-order chi connectivity index (χ0) is 18.5. The van der Waals surface area contributed by atoms with Crippen molar-refractivity contribution in [3.63, 3.8) is 0 Å². The fraction of sp³-hybridized carbons (Fsp3) is 0.600. The Morgan fingerprint density at radius 3 is 2.27 bits per heavy atom. The maximum atomic E-state index is 12.4. The summed E-state index contributed by atoms with van der Waals surface area (Å²) in [6, 6.07) is 8.22. The molecule has 2 fully saturated rings. The predicted molar refractivity (Wildman–Crippen MR) is 104 cm³/mol. The number of anilines is 2. The van der Waals surface area contributed by atoms with Gasteiger partial charge in [-0.15, -0.1) is 0 Å². The minimum atomic E-state index is -0.126. The Morgan fingerprint density at radius 2 is 1.69 bits per heavy atom. The highest BCUT2D eigenvalue weighted by molar-refractivity contribution is 5.94. The van der Waals surface area contributed by atoms with E-state index in [1.807, 2.05) is 12.1 Å². The molecule has 0 unspecified atom stereocenters. The summed E-state index contributed by atoms with van der Waals surface area (Å²) in [6.45, 7) is 5.88. The SMILES string of the molecule is CC(=O)N(CC(=O)Nc1ccc(N2CCN(C)CC2)cc1)C1CCCC1. The van der Waals surface area contributed by atoms with Crippen LogP contribution in [0.2, 0.25) is 0 Å². The van der Waals surface area contributed by atoms with Crippen LogP contribution in [-0.4, -0.2) is 67.4 Å². The van der Waals surface area contributed by atoms with E-state index in [4.69, 9.17) is 0 Å². The number of nitrogens with one attached hydrogen (secondary N) is 1. The fourth-order valence-corrected chi connectivity index (χ4v) is 3.89. The number of hydrogen-bond acceptors (Lipinski definition) is 4. The average Bonchev–Trinajstić information content (AvgIpc) is 3.15. The van der Waals surface area contributed by atoms with Gasteiger partial charge < -0.3 is 20.0 Å². The molecule has 2 aliphatic rings. The van der Waals surface area contributed by atoms with Gasteiger partial charge in [0.25, 0.3) is 0 Å². The predicted octanol–water partition coefficient (Wildman–Crippen LogP) is 2.17. The van der Waals surface area contributed by atoms with Gasteiger partial charge in [0.15, 0.2) is 0 Å². The Balaban J connectivity index is 1.54. The molecule has 0 aromatic heterocycles. The molecule has 3 rings (SSSR count). The number of carbonyl (C=O) groups is 2. The van der Waals surface area contributed by atoms with E-state index in [9.17, 15) is 9.59 Å². The van der Waals surface area contributed by atoms with Crippen LogP contribution >= 0.6 is 0 Å². The molecule has 142 valence electrons. The van der Waals surface area contributed by atoms with Crippen LogP contribution in [0.1, 0.15) is 32.6 Å². The van der Waals surface area contributed by atoms with Gasteiger partial charge in [-0.25, -0.2) is 0 Å². The molecule has 0 bridgehead atoms. The molecule has 1 aromatic rings. The molecule has 1 aliphatic heterocycles. The van der Waals surface area contributed by atoms with E-state index in [0.717, 1.165) is 57.5 Å². The lowest BCUT2D eigenvalue weighted by molar-refractivity contribution is -0.135. The van der Waals surface area contributed by atoms with Crippen molar-refractivity contribution in [3.8, 4) is 0 Å². The van der Waals surface area contributed by atoms with Gasteiger partial charge in [-0.05, 0) is 44.2 Å². The third-order valence-electron chi connectivity index (χ3n) is 5.50. The van der Waals surface area contributed by atoms with Crippen LogP contribution in [-0.2, 0) is 9.59 Å². The molecule has 0 atom stereocenters. The van der Waals surface area contributed by atoms with E-state index in [-0.39, 0.29) is 24.4 Å². The molecule has 1 aromatic carbocycles. The zero-order valence-electron chi connectivity index (χ0n) is 15.9. The second kappa shape index (κ2) is 8.54. The number of benzene rings is 1. The van der Waals surface area contributed by atoms with Gasteiger partial charge in [0, 0.05) is 50.5 Å².